The lowest BCUT2D eigenvalue weighted by Gasteiger charge is -2.28. The highest BCUT2D eigenvalue weighted by molar-refractivity contribution is 5.93. The fourth-order valence-electron chi connectivity index (χ4n) is 8.89. The van der Waals surface area contributed by atoms with Gasteiger partial charge in [-0.2, -0.15) is 0 Å². The van der Waals surface area contributed by atoms with Gasteiger partial charge < -0.3 is 29.3 Å². The number of oxazole rings is 2. The molecule has 11 rings (SSSR count). The van der Waals surface area contributed by atoms with Crippen LogP contribution in [0.4, 0.5) is 5.69 Å². The first kappa shape index (κ1) is 31.3. The van der Waals surface area contributed by atoms with E-state index in [0.717, 1.165) is 51.1 Å². The highest BCUT2D eigenvalue weighted by Crippen LogP contribution is 2.60. The van der Waals surface area contributed by atoms with Crippen molar-refractivity contribution in [3.63, 3.8) is 0 Å². The molecule has 10 bridgehead atoms. The molecule has 1 aliphatic carbocycles. The van der Waals surface area contributed by atoms with E-state index < -0.39 is 29.7 Å². The van der Waals surface area contributed by atoms with Crippen LogP contribution in [0.2, 0.25) is 0 Å². The second-order valence-corrected chi connectivity index (χ2v) is 15.5. The van der Waals surface area contributed by atoms with Gasteiger partial charge in [-0.3, -0.25) is 9.59 Å². The first-order valence-electron chi connectivity index (χ1n) is 18.1. The molecule has 0 saturated heterocycles. The van der Waals surface area contributed by atoms with Crippen LogP contribution in [-0.2, 0) is 27.8 Å². The van der Waals surface area contributed by atoms with Gasteiger partial charge in [0.2, 0.25) is 17.7 Å². The minimum absolute atomic E-state index is 0.106. The number of allylic oxidation sites excluding steroid dienone is 1. The van der Waals surface area contributed by atoms with E-state index in [4.69, 9.17) is 23.5 Å². The van der Waals surface area contributed by atoms with Crippen molar-refractivity contribution in [2.75, 3.05) is 5.32 Å². The Hall–Kier alpha value is -5.48. The van der Waals surface area contributed by atoms with Crippen molar-refractivity contribution in [3.8, 4) is 28.5 Å². The van der Waals surface area contributed by atoms with Gasteiger partial charge in [-0.25, -0.2) is 9.97 Å². The number of nitrogens with zero attached hydrogens (tertiary/aromatic N) is 2. The maximum atomic E-state index is 14.2. The number of hydrogen-bond donors (Lipinski definition) is 3. The Labute approximate surface area is 300 Å². The first-order valence-corrected chi connectivity index (χ1v) is 18.1. The lowest BCUT2D eigenvalue weighted by molar-refractivity contribution is -0.135. The van der Waals surface area contributed by atoms with Crippen LogP contribution in [0.5, 0.6) is 5.75 Å². The van der Waals surface area contributed by atoms with E-state index in [1.165, 1.54) is 5.56 Å². The number of aliphatic hydroxyl groups is 1. The number of fused-ring (bicyclic) bond motifs is 3. The average molecular weight is 695 g/mol. The summed E-state index contributed by atoms with van der Waals surface area (Å²) in [6.45, 7) is 7.58. The van der Waals surface area contributed by atoms with Crippen molar-refractivity contribution < 1.29 is 28.3 Å². The molecule has 7 heterocycles. The minimum atomic E-state index is -1.16. The van der Waals surface area contributed by atoms with Crippen LogP contribution in [0.1, 0.15) is 85.4 Å². The second kappa shape index (κ2) is 11.0. The van der Waals surface area contributed by atoms with Crippen molar-refractivity contribution in [1.29, 1.82) is 0 Å². The van der Waals surface area contributed by atoms with Gasteiger partial charge in [-0.1, -0.05) is 76.2 Å². The van der Waals surface area contributed by atoms with Crippen molar-refractivity contribution in [2.45, 2.75) is 70.7 Å². The monoisotopic (exact) mass is 694 g/mol. The van der Waals surface area contributed by atoms with Crippen molar-refractivity contribution in [1.82, 2.24) is 15.3 Å². The van der Waals surface area contributed by atoms with Gasteiger partial charge in [-0.05, 0) is 70.2 Å². The van der Waals surface area contributed by atoms with Crippen LogP contribution < -0.4 is 15.4 Å². The number of nitrogens with one attached hydrogen (secondary N) is 2. The number of carbonyl (C=O) groups excluding carboxylic acids is 2. The number of benzene rings is 3. The van der Waals surface area contributed by atoms with Gasteiger partial charge in [0.25, 0.3) is 0 Å². The Kier molecular flexibility index (Phi) is 6.62. The zero-order valence-electron chi connectivity index (χ0n) is 29.3. The number of hydrogen-bond acceptors (Lipinski definition) is 9. The zero-order chi connectivity index (χ0) is 35.6. The summed E-state index contributed by atoms with van der Waals surface area (Å²) in [5.74, 6) is 0.641. The van der Waals surface area contributed by atoms with E-state index >= 15 is 0 Å². The molecule has 262 valence electrons. The second-order valence-electron chi connectivity index (χ2n) is 15.5. The lowest BCUT2D eigenvalue weighted by Crippen LogP contribution is -2.41. The van der Waals surface area contributed by atoms with Crippen LogP contribution in [0.15, 0.2) is 75.7 Å². The quantitative estimate of drug-likeness (QED) is 0.183. The Bertz CT molecular complexity index is 2380. The van der Waals surface area contributed by atoms with E-state index in [0.29, 0.717) is 34.7 Å². The molecule has 1 spiro atoms. The van der Waals surface area contributed by atoms with Crippen molar-refractivity contribution >= 4 is 23.0 Å². The smallest absolute Gasteiger partial charge is 0.249 e. The van der Waals surface area contributed by atoms with E-state index in [2.05, 4.69) is 59.2 Å². The summed E-state index contributed by atoms with van der Waals surface area (Å²) in [6.07, 6.45) is 3.16. The third kappa shape index (κ3) is 4.27. The minimum Gasteiger partial charge on any atom is -0.469 e. The number of Topliss-reactive ketones (excluding diaryl/α,β-unsaturated/α-hetero) is 1. The van der Waals surface area contributed by atoms with E-state index in [9.17, 15) is 14.7 Å². The van der Waals surface area contributed by atoms with E-state index in [1.807, 2.05) is 26.0 Å². The number of carbonyl (C=O) groups is 2. The van der Waals surface area contributed by atoms with Gasteiger partial charge in [0.1, 0.15) is 23.3 Å². The molecule has 0 fully saturated rings. The van der Waals surface area contributed by atoms with Gasteiger partial charge in [0, 0.05) is 29.2 Å². The Morgan fingerprint density at radius 3 is 2.73 bits per heavy atom. The summed E-state index contributed by atoms with van der Waals surface area (Å²) in [5, 5.41) is 17.6. The van der Waals surface area contributed by atoms with E-state index in [-0.39, 0.29) is 36.4 Å². The van der Waals surface area contributed by atoms with Gasteiger partial charge >= 0.3 is 0 Å². The third-order valence-electron chi connectivity index (χ3n) is 11.6. The first-order chi connectivity index (χ1) is 25.1. The molecule has 10 heteroatoms. The molecule has 1 amide bonds. The molecule has 5 atom stereocenters. The molecular formula is C42H38N4O6. The van der Waals surface area contributed by atoms with Crippen LogP contribution in [0.25, 0.3) is 28.3 Å². The lowest BCUT2D eigenvalue weighted by atomic mass is 9.72. The number of anilines is 1. The number of rotatable bonds is 5. The Morgan fingerprint density at radius 2 is 1.90 bits per heavy atom. The molecule has 0 saturated carbocycles. The maximum Gasteiger partial charge on any atom is 0.249 e. The molecular weight excluding hydrogens is 656 g/mol. The Morgan fingerprint density at radius 1 is 1.04 bits per heavy atom. The molecule has 6 aliphatic rings. The third-order valence-corrected chi connectivity index (χ3v) is 11.6. The number of aliphatic hydroxyl groups excluding tert-OH is 1. The highest BCUT2D eigenvalue weighted by Gasteiger charge is 2.61. The standard InChI is InChI=1S/C42H38N4O6/c1-19(2)34-40-46-35-37(52-40)42-27-12-10-23(25-7-5-6-22-9-11-26(33(22)25)32-18-43-39(35)50-32)16-29(27)44-41(42)51-31-13-8-21(15-28(31)42)14-24(38(49)45-34)17-30(47)36(48)20(3)4/h5-8,10-13,15-16,18-20,24,34,36,41,44,48H,9,14,17H2,1-4H3,(H,45,49)/t24-,34?,36+,41?,42+/m1/s1. The SMILES string of the molecule is CC(C)C1NC(=O)[C@@H](CC(=O)[C@@H](O)C(C)C)Cc2ccc3c(c2)[C@]24c5ccc(cc5NC2O3)-c2cccc3c2C(=CC3)c2cnc(o2)-c2nc1oc24. The van der Waals surface area contributed by atoms with Crippen molar-refractivity contribution in [2.24, 2.45) is 17.8 Å². The molecule has 0 radical (unpaired) electrons. The normalized spacial score (nSPS) is 23.5. The number of aromatic nitrogens is 2. The van der Waals surface area contributed by atoms with Crippen molar-refractivity contribution in [3.05, 3.63) is 112 Å². The highest BCUT2D eigenvalue weighted by atomic mass is 16.5. The molecule has 5 aliphatic heterocycles. The fourth-order valence-corrected chi connectivity index (χ4v) is 8.89. The largest absolute Gasteiger partial charge is 0.469 e. The molecule has 10 nitrogen and oxygen atoms in total. The topological polar surface area (TPSA) is 140 Å². The predicted molar refractivity (Wildman–Crippen MR) is 192 cm³/mol. The summed E-state index contributed by atoms with van der Waals surface area (Å²) in [6, 6.07) is 18.2. The molecule has 52 heavy (non-hydrogen) atoms. The Balaban J connectivity index is 1.25. The summed E-state index contributed by atoms with van der Waals surface area (Å²) in [7, 11) is 0. The number of amides is 1. The van der Waals surface area contributed by atoms with Crippen LogP contribution in [-0.4, -0.2) is 39.1 Å². The van der Waals surface area contributed by atoms with Gasteiger partial charge in [0.15, 0.2) is 29.2 Å². The predicted octanol–water partition coefficient (Wildman–Crippen LogP) is 6.74. The number of ether oxygens (including phenoxy) is 1. The molecule has 3 N–H and O–H groups in total. The molecule has 2 unspecified atom stereocenters. The summed E-state index contributed by atoms with van der Waals surface area (Å²) < 4.78 is 20.4. The molecule has 2 aromatic heterocycles. The average Bonchev–Trinajstić information content (AvgIpc) is 3.95. The summed E-state index contributed by atoms with van der Waals surface area (Å²) in [5.41, 5.74) is 8.53. The van der Waals surface area contributed by atoms with Crippen LogP contribution in [0, 0.1) is 17.8 Å². The summed E-state index contributed by atoms with van der Waals surface area (Å²) in [4.78, 5) is 37.5. The van der Waals surface area contributed by atoms with Gasteiger partial charge in [-0.15, -0.1) is 0 Å². The fraction of sp³-hybridized carbons (Fsp3) is 0.333. The molecule has 5 aromatic rings. The zero-order valence-corrected chi connectivity index (χ0v) is 29.3. The van der Waals surface area contributed by atoms with Crippen LogP contribution in [0.3, 0.4) is 0 Å². The van der Waals surface area contributed by atoms with E-state index in [1.54, 1.807) is 20.0 Å². The molecule has 3 aromatic carbocycles. The van der Waals surface area contributed by atoms with Crippen LogP contribution >= 0.6 is 0 Å². The summed E-state index contributed by atoms with van der Waals surface area (Å²) >= 11 is 0. The maximum absolute atomic E-state index is 14.2. The number of ketones is 1. The van der Waals surface area contributed by atoms with Gasteiger partial charge in [0.05, 0.1) is 6.20 Å².